The third kappa shape index (κ3) is 10.0. The lowest BCUT2D eigenvalue weighted by molar-refractivity contribution is -0.116. The van der Waals surface area contributed by atoms with E-state index in [-0.39, 0.29) is 30.1 Å². The summed E-state index contributed by atoms with van der Waals surface area (Å²) >= 11 is 0. The predicted octanol–water partition coefficient (Wildman–Crippen LogP) is 2.71. The molecule has 0 atom stereocenters. The molecule has 0 spiro atoms. The number of nitrogens with zero attached hydrogens (tertiary/aromatic N) is 3. The Morgan fingerprint density at radius 2 is 1.49 bits per heavy atom. The molecule has 1 heterocycles. The molecule has 1 aromatic rings. The highest BCUT2D eigenvalue weighted by Gasteiger charge is 2.24. The molecule has 35 heavy (non-hydrogen) atoms. The Kier molecular flexibility index (Phi) is 9.76. The quantitative estimate of drug-likeness (QED) is 0.545. The first-order chi connectivity index (χ1) is 16.3. The predicted molar refractivity (Wildman–Crippen MR) is 139 cm³/mol. The van der Waals surface area contributed by atoms with Gasteiger partial charge in [0.2, 0.25) is 5.91 Å². The summed E-state index contributed by atoms with van der Waals surface area (Å²) < 4.78 is 5.08. The molecule has 0 bridgehead atoms. The van der Waals surface area contributed by atoms with Crippen LogP contribution in [0.5, 0.6) is 0 Å². The van der Waals surface area contributed by atoms with Crippen LogP contribution in [0, 0.1) is 0 Å². The minimum absolute atomic E-state index is 0.0362. The van der Waals surface area contributed by atoms with E-state index in [9.17, 15) is 14.4 Å². The van der Waals surface area contributed by atoms with Crippen molar-refractivity contribution >= 4 is 29.3 Å². The molecule has 1 aliphatic heterocycles. The molecule has 1 aromatic carbocycles. The first kappa shape index (κ1) is 28.2. The highest BCUT2D eigenvalue weighted by Crippen LogP contribution is 2.20. The van der Waals surface area contributed by atoms with Gasteiger partial charge in [0.15, 0.2) is 0 Å². The van der Waals surface area contributed by atoms with E-state index in [2.05, 4.69) is 20.9 Å². The van der Waals surface area contributed by atoms with Gasteiger partial charge in [-0.1, -0.05) is 0 Å². The van der Waals surface area contributed by atoms with Crippen molar-refractivity contribution in [1.82, 2.24) is 20.4 Å². The zero-order valence-electron chi connectivity index (χ0n) is 22.2. The first-order valence-corrected chi connectivity index (χ1v) is 12.1. The van der Waals surface area contributed by atoms with Crippen LogP contribution in [0.3, 0.4) is 0 Å². The van der Waals surface area contributed by atoms with Crippen LogP contribution in [0.1, 0.15) is 41.5 Å². The lowest BCUT2D eigenvalue weighted by Crippen LogP contribution is -2.55. The number of hydrogen-bond donors (Lipinski definition) is 3. The van der Waals surface area contributed by atoms with E-state index in [1.54, 1.807) is 7.11 Å². The van der Waals surface area contributed by atoms with E-state index >= 15 is 0 Å². The summed E-state index contributed by atoms with van der Waals surface area (Å²) in [5.74, 6) is -0.281. The van der Waals surface area contributed by atoms with E-state index in [0.717, 1.165) is 18.8 Å². The SMILES string of the molecule is COCCN(CC(=O)Nc1ccc(N2CCN(C(=O)NC(C)(C)C)CC2)cc1)C(=O)NC(C)(C)C. The van der Waals surface area contributed by atoms with Crippen LogP contribution in [0.2, 0.25) is 0 Å². The Labute approximate surface area is 209 Å². The molecule has 196 valence electrons. The molecule has 5 amide bonds. The topological polar surface area (TPSA) is 106 Å². The molecule has 0 unspecified atom stereocenters. The van der Waals surface area contributed by atoms with Gasteiger partial charge >= 0.3 is 12.1 Å². The van der Waals surface area contributed by atoms with Gasteiger partial charge < -0.3 is 35.4 Å². The number of benzene rings is 1. The fraction of sp³-hybridized carbons (Fsp3) is 0.640. The lowest BCUT2D eigenvalue weighted by atomic mass is 10.1. The second-order valence-electron chi connectivity index (χ2n) is 10.8. The van der Waals surface area contributed by atoms with Crippen molar-refractivity contribution in [3.8, 4) is 0 Å². The van der Waals surface area contributed by atoms with Gasteiger partial charge in [0, 0.05) is 62.3 Å². The Hall–Kier alpha value is -3.01. The largest absolute Gasteiger partial charge is 0.383 e. The van der Waals surface area contributed by atoms with Crippen LogP contribution >= 0.6 is 0 Å². The Morgan fingerprint density at radius 3 is 2.00 bits per heavy atom. The van der Waals surface area contributed by atoms with Gasteiger partial charge in [0.05, 0.1) is 6.61 Å². The highest BCUT2D eigenvalue weighted by molar-refractivity contribution is 5.94. The number of rotatable bonds is 7. The molecule has 10 nitrogen and oxygen atoms in total. The average molecular weight is 491 g/mol. The van der Waals surface area contributed by atoms with Gasteiger partial charge in [0.1, 0.15) is 6.54 Å². The van der Waals surface area contributed by atoms with Crippen molar-refractivity contribution in [3.05, 3.63) is 24.3 Å². The smallest absolute Gasteiger partial charge is 0.318 e. The van der Waals surface area contributed by atoms with Crippen molar-refractivity contribution in [3.63, 3.8) is 0 Å². The van der Waals surface area contributed by atoms with Crippen molar-refractivity contribution in [2.24, 2.45) is 0 Å². The van der Waals surface area contributed by atoms with Gasteiger partial charge in [-0.05, 0) is 65.8 Å². The summed E-state index contributed by atoms with van der Waals surface area (Å²) in [5, 5.41) is 8.74. The van der Waals surface area contributed by atoms with Crippen LogP contribution in [-0.2, 0) is 9.53 Å². The molecular formula is C25H42N6O4. The van der Waals surface area contributed by atoms with Crippen LogP contribution < -0.4 is 20.9 Å². The van der Waals surface area contributed by atoms with Crippen LogP contribution in [0.25, 0.3) is 0 Å². The molecule has 0 aromatic heterocycles. The van der Waals surface area contributed by atoms with E-state index in [1.165, 1.54) is 4.90 Å². The van der Waals surface area contributed by atoms with Gasteiger partial charge in [-0.3, -0.25) is 4.79 Å². The van der Waals surface area contributed by atoms with Crippen molar-refractivity contribution < 1.29 is 19.1 Å². The summed E-state index contributed by atoms with van der Waals surface area (Å²) in [6, 6.07) is 7.26. The highest BCUT2D eigenvalue weighted by atomic mass is 16.5. The Morgan fingerprint density at radius 1 is 0.914 bits per heavy atom. The molecule has 1 fully saturated rings. The van der Waals surface area contributed by atoms with Crippen molar-refractivity contribution in [1.29, 1.82) is 0 Å². The molecule has 0 aliphatic carbocycles. The molecule has 1 saturated heterocycles. The minimum Gasteiger partial charge on any atom is -0.383 e. The number of urea groups is 2. The van der Waals surface area contributed by atoms with Crippen LogP contribution in [0.4, 0.5) is 21.0 Å². The fourth-order valence-corrected chi connectivity index (χ4v) is 3.55. The van der Waals surface area contributed by atoms with Crippen LogP contribution in [0.15, 0.2) is 24.3 Å². The number of methoxy groups -OCH3 is 1. The molecule has 10 heteroatoms. The molecule has 2 rings (SSSR count). The third-order valence-corrected chi connectivity index (χ3v) is 5.23. The standard InChI is InChI=1S/C25H42N6O4/c1-24(2,3)27-22(33)30-14-12-29(13-15-30)20-10-8-19(9-11-20)26-21(32)18-31(16-17-35-7)23(34)28-25(4,5)6/h8-11H,12-18H2,1-7H3,(H,26,32)(H,27,33)(H,28,34). The summed E-state index contributed by atoms with van der Waals surface area (Å²) in [4.78, 5) is 43.0. The summed E-state index contributed by atoms with van der Waals surface area (Å²) in [7, 11) is 1.56. The van der Waals surface area contributed by atoms with Crippen molar-refractivity contribution in [2.45, 2.75) is 52.6 Å². The minimum atomic E-state index is -0.406. The number of anilines is 2. The second-order valence-corrected chi connectivity index (χ2v) is 10.8. The maximum atomic E-state index is 12.6. The maximum absolute atomic E-state index is 12.6. The maximum Gasteiger partial charge on any atom is 0.318 e. The number of carbonyl (C=O) groups excluding carboxylic acids is 3. The van der Waals surface area contributed by atoms with Crippen LogP contribution in [-0.4, -0.2) is 91.8 Å². The van der Waals surface area contributed by atoms with Gasteiger partial charge in [-0.15, -0.1) is 0 Å². The number of nitrogens with one attached hydrogen (secondary N) is 3. The van der Waals surface area contributed by atoms with E-state index in [4.69, 9.17) is 4.74 Å². The summed E-state index contributed by atoms with van der Waals surface area (Å²) in [5.41, 5.74) is 1.03. The van der Waals surface area contributed by atoms with E-state index < -0.39 is 5.54 Å². The first-order valence-electron chi connectivity index (χ1n) is 12.1. The Bertz CT molecular complexity index is 852. The second kappa shape index (κ2) is 12.1. The molecule has 1 aliphatic rings. The number of amides is 5. The molecule has 3 N–H and O–H groups in total. The zero-order valence-corrected chi connectivity index (χ0v) is 22.2. The number of ether oxygens (including phenoxy) is 1. The average Bonchev–Trinajstić information content (AvgIpc) is 2.75. The number of carbonyl (C=O) groups is 3. The summed E-state index contributed by atoms with van der Waals surface area (Å²) in [6.45, 7) is 14.9. The van der Waals surface area contributed by atoms with E-state index in [1.807, 2.05) is 70.7 Å². The van der Waals surface area contributed by atoms with Gasteiger partial charge in [-0.25, -0.2) is 9.59 Å². The lowest BCUT2D eigenvalue weighted by Gasteiger charge is -2.37. The molecule has 0 saturated carbocycles. The molecular weight excluding hydrogens is 448 g/mol. The van der Waals surface area contributed by atoms with Crippen molar-refractivity contribution in [2.75, 3.05) is 63.2 Å². The third-order valence-electron chi connectivity index (χ3n) is 5.23. The fourth-order valence-electron chi connectivity index (χ4n) is 3.55. The van der Waals surface area contributed by atoms with Gasteiger partial charge in [0.25, 0.3) is 0 Å². The van der Waals surface area contributed by atoms with E-state index in [0.29, 0.717) is 31.9 Å². The number of piperazine rings is 1. The van der Waals surface area contributed by atoms with Gasteiger partial charge in [-0.2, -0.15) is 0 Å². The zero-order chi connectivity index (χ0) is 26.2. The molecule has 0 radical (unpaired) electrons. The summed E-state index contributed by atoms with van der Waals surface area (Å²) in [6.07, 6.45) is 0. The number of hydrogen-bond acceptors (Lipinski definition) is 5. The normalized spacial score (nSPS) is 14.4. The Balaban J connectivity index is 1.89. The monoisotopic (exact) mass is 490 g/mol.